The molecule has 7 nitrogen and oxygen atoms in total. The summed E-state index contributed by atoms with van der Waals surface area (Å²) in [7, 11) is 0. The lowest BCUT2D eigenvalue weighted by atomic mass is 10.2. The molecule has 0 aliphatic carbocycles. The van der Waals surface area contributed by atoms with Crippen molar-refractivity contribution in [3.05, 3.63) is 59.8 Å². The first-order valence-electron chi connectivity index (χ1n) is 10.3. The van der Waals surface area contributed by atoms with Gasteiger partial charge in [-0.1, -0.05) is 18.2 Å². The minimum atomic E-state index is -0.162. The Bertz CT molecular complexity index is 920. The van der Waals surface area contributed by atoms with Gasteiger partial charge in [0.05, 0.1) is 13.2 Å². The van der Waals surface area contributed by atoms with Crippen LogP contribution in [-0.2, 0) is 20.9 Å². The van der Waals surface area contributed by atoms with Crippen LogP contribution in [0.15, 0.2) is 48.7 Å². The van der Waals surface area contributed by atoms with E-state index in [0.29, 0.717) is 26.2 Å². The molecule has 0 bridgehead atoms. The number of ether oxygens (including phenoxy) is 1. The monoisotopic (exact) mass is 406 g/mol. The Morgan fingerprint density at radius 3 is 2.67 bits per heavy atom. The number of pyridine rings is 1. The van der Waals surface area contributed by atoms with Crippen molar-refractivity contribution in [1.82, 2.24) is 10.3 Å². The van der Waals surface area contributed by atoms with E-state index in [1.165, 1.54) is 6.08 Å². The summed E-state index contributed by atoms with van der Waals surface area (Å²) in [6, 6.07) is 11.6. The minimum absolute atomic E-state index is 0.162. The van der Waals surface area contributed by atoms with Crippen molar-refractivity contribution in [2.75, 3.05) is 42.6 Å². The summed E-state index contributed by atoms with van der Waals surface area (Å²) in [5.74, 6) is 0.909. The molecule has 0 unspecified atom stereocenters. The number of hydrogen-bond donors (Lipinski definition) is 1. The third kappa shape index (κ3) is 4.86. The third-order valence-corrected chi connectivity index (χ3v) is 5.34. The van der Waals surface area contributed by atoms with Crippen LogP contribution in [0.3, 0.4) is 0 Å². The molecule has 1 aromatic heterocycles. The van der Waals surface area contributed by atoms with E-state index >= 15 is 0 Å². The minimum Gasteiger partial charge on any atom is -0.378 e. The summed E-state index contributed by atoms with van der Waals surface area (Å²) in [6.45, 7) is 4.18. The number of hydrogen-bond acceptors (Lipinski definition) is 5. The number of anilines is 2. The first-order chi connectivity index (χ1) is 14.7. The van der Waals surface area contributed by atoms with E-state index in [0.717, 1.165) is 48.7 Å². The van der Waals surface area contributed by atoms with Gasteiger partial charge in [-0.25, -0.2) is 4.98 Å². The molecule has 4 rings (SSSR count). The smallest absolute Gasteiger partial charge is 0.244 e. The van der Waals surface area contributed by atoms with Gasteiger partial charge in [0.2, 0.25) is 11.8 Å². The average Bonchev–Trinajstić information content (AvgIpc) is 3.23. The van der Waals surface area contributed by atoms with E-state index in [9.17, 15) is 9.59 Å². The number of morpholine rings is 1. The van der Waals surface area contributed by atoms with Crippen molar-refractivity contribution in [2.45, 2.75) is 19.4 Å². The first kappa shape index (κ1) is 20.1. The van der Waals surface area contributed by atoms with Gasteiger partial charge in [-0.3, -0.25) is 9.59 Å². The molecule has 156 valence electrons. The largest absolute Gasteiger partial charge is 0.378 e. The van der Waals surface area contributed by atoms with Crippen LogP contribution in [0.2, 0.25) is 0 Å². The van der Waals surface area contributed by atoms with Gasteiger partial charge in [-0.2, -0.15) is 0 Å². The highest BCUT2D eigenvalue weighted by atomic mass is 16.5. The van der Waals surface area contributed by atoms with Gasteiger partial charge in [0, 0.05) is 56.1 Å². The number of rotatable bonds is 6. The lowest BCUT2D eigenvalue weighted by Crippen LogP contribution is -2.37. The molecular weight excluding hydrogens is 380 g/mol. The van der Waals surface area contributed by atoms with Crippen molar-refractivity contribution in [3.63, 3.8) is 0 Å². The first-order valence-corrected chi connectivity index (χ1v) is 10.3. The van der Waals surface area contributed by atoms with Gasteiger partial charge in [-0.05, 0) is 36.3 Å². The molecule has 2 aromatic rings. The van der Waals surface area contributed by atoms with Crippen molar-refractivity contribution in [1.29, 1.82) is 0 Å². The van der Waals surface area contributed by atoms with Gasteiger partial charge >= 0.3 is 0 Å². The molecular formula is C23H26N4O3. The van der Waals surface area contributed by atoms with Gasteiger partial charge in [0.15, 0.2) is 0 Å². The number of amides is 2. The quantitative estimate of drug-likeness (QED) is 0.746. The number of carbonyl (C=O) groups is 2. The zero-order valence-electron chi connectivity index (χ0n) is 16.9. The zero-order chi connectivity index (χ0) is 20.8. The Balaban J connectivity index is 1.33. The molecule has 0 spiro atoms. The highest BCUT2D eigenvalue weighted by Gasteiger charge is 2.21. The standard InChI is InChI=1S/C23H26N4O3/c28-21(10-7-18-5-8-20(9-6-18)27-12-2-4-22(27)29)25-17-19-3-1-11-24-23(19)26-13-15-30-16-14-26/h1,3,5-11H,2,4,12-17H2,(H,25,28). The zero-order valence-corrected chi connectivity index (χ0v) is 16.9. The van der Waals surface area contributed by atoms with Crippen molar-refractivity contribution < 1.29 is 14.3 Å². The summed E-state index contributed by atoms with van der Waals surface area (Å²) in [5.41, 5.74) is 2.81. The predicted octanol–water partition coefficient (Wildman–Crippen LogP) is 2.37. The Morgan fingerprint density at radius 2 is 1.93 bits per heavy atom. The fourth-order valence-corrected chi connectivity index (χ4v) is 3.73. The Morgan fingerprint density at radius 1 is 1.13 bits per heavy atom. The second-order valence-electron chi connectivity index (χ2n) is 7.38. The summed E-state index contributed by atoms with van der Waals surface area (Å²) < 4.78 is 5.41. The van der Waals surface area contributed by atoms with E-state index in [-0.39, 0.29) is 11.8 Å². The second kappa shape index (κ2) is 9.54. The number of nitrogens with one attached hydrogen (secondary N) is 1. The van der Waals surface area contributed by atoms with Crippen LogP contribution < -0.4 is 15.1 Å². The van der Waals surface area contributed by atoms with Crippen molar-refractivity contribution in [2.24, 2.45) is 0 Å². The molecule has 2 aliphatic heterocycles. The summed E-state index contributed by atoms with van der Waals surface area (Å²) in [6.07, 6.45) is 6.60. The number of nitrogens with zero attached hydrogens (tertiary/aromatic N) is 3. The normalized spacial score (nSPS) is 17.0. The van der Waals surface area contributed by atoms with Crippen LogP contribution in [0.25, 0.3) is 6.08 Å². The van der Waals surface area contributed by atoms with Crippen LogP contribution in [0.4, 0.5) is 11.5 Å². The lowest BCUT2D eigenvalue weighted by Gasteiger charge is -2.29. The van der Waals surface area contributed by atoms with E-state index in [2.05, 4.69) is 15.2 Å². The van der Waals surface area contributed by atoms with Crippen molar-refractivity contribution in [3.8, 4) is 0 Å². The van der Waals surface area contributed by atoms with Crippen LogP contribution in [0, 0.1) is 0 Å². The van der Waals surface area contributed by atoms with E-state index in [1.54, 1.807) is 17.2 Å². The average molecular weight is 406 g/mol. The number of aromatic nitrogens is 1. The highest BCUT2D eigenvalue weighted by Crippen LogP contribution is 2.22. The van der Waals surface area contributed by atoms with Gasteiger partial charge in [0.25, 0.3) is 0 Å². The molecule has 30 heavy (non-hydrogen) atoms. The summed E-state index contributed by atoms with van der Waals surface area (Å²) in [5, 5.41) is 2.93. The fraction of sp³-hybridized carbons (Fsp3) is 0.348. The second-order valence-corrected chi connectivity index (χ2v) is 7.38. The van der Waals surface area contributed by atoms with Crippen LogP contribution in [0.1, 0.15) is 24.0 Å². The van der Waals surface area contributed by atoms with Gasteiger partial charge < -0.3 is 19.9 Å². The molecule has 3 heterocycles. The Labute approximate surface area is 176 Å². The molecule has 2 amide bonds. The molecule has 7 heteroatoms. The molecule has 2 fully saturated rings. The summed E-state index contributed by atoms with van der Waals surface area (Å²) in [4.78, 5) is 32.6. The maximum absolute atomic E-state index is 12.3. The van der Waals surface area contributed by atoms with Crippen molar-refractivity contribution >= 4 is 29.4 Å². The molecule has 2 aliphatic rings. The predicted molar refractivity (Wildman–Crippen MR) is 116 cm³/mol. The maximum Gasteiger partial charge on any atom is 0.244 e. The topological polar surface area (TPSA) is 74.8 Å². The van der Waals surface area contributed by atoms with E-state index in [1.807, 2.05) is 36.4 Å². The van der Waals surface area contributed by atoms with Crippen LogP contribution in [-0.4, -0.2) is 49.6 Å². The van der Waals surface area contributed by atoms with Crippen LogP contribution >= 0.6 is 0 Å². The molecule has 2 saturated heterocycles. The molecule has 1 aromatic carbocycles. The van der Waals surface area contributed by atoms with Crippen LogP contribution in [0.5, 0.6) is 0 Å². The molecule has 0 radical (unpaired) electrons. The SMILES string of the molecule is O=C(C=Cc1ccc(N2CCCC2=O)cc1)NCc1cccnc1N1CCOCC1. The maximum atomic E-state index is 12.3. The van der Waals surface area contributed by atoms with E-state index < -0.39 is 0 Å². The van der Waals surface area contributed by atoms with E-state index in [4.69, 9.17) is 4.74 Å². The molecule has 0 atom stereocenters. The third-order valence-electron chi connectivity index (χ3n) is 5.34. The fourth-order valence-electron chi connectivity index (χ4n) is 3.73. The summed E-state index contributed by atoms with van der Waals surface area (Å²) >= 11 is 0. The van der Waals surface area contributed by atoms with Gasteiger partial charge in [0.1, 0.15) is 5.82 Å². The number of carbonyl (C=O) groups excluding carboxylic acids is 2. The molecule has 0 saturated carbocycles. The Hall–Kier alpha value is -3.19. The Kier molecular flexibility index (Phi) is 6.39. The highest BCUT2D eigenvalue weighted by molar-refractivity contribution is 5.95. The molecule has 1 N–H and O–H groups in total. The van der Waals surface area contributed by atoms with Gasteiger partial charge in [-0.15, -0.1) is 0 Å². The lowest BCUT2D eigenvalue weighted by molar-refractivity contribution is -0.117. The number of benzene rings is 1.